The zero-order valence-electron chi connectivity index (χ0n) is 9.24. The van der Waals surface area contributed by atoms with Gasteiger partial charge in [-0.1, -0.05) is 11.6 Å². The van der Waals surface area contributed by atoms with Crippen molar-refractivity contribution < 1.29 is 14.8 Å². The first-order valence-electron chi connectivity index (χ1n) is 5.23. The highest BCUT2D eigenvalue weighted by Crippen LogP contribution is 2.38. The van der Waals surface area contributed by atoms with Crippen molar-refractivity contribution in [2.75, 3.05) is 18.0 Å². The number of carbonyl (C=O) groups is 1. The highest BCUT2D eigenvalue weighted by Gasteiger charge is 2.34. The summed E-state index contributed by atoms with van der Waals surface area (Å²) >= 11 is 5.91. The molecule has 0 unspecified atom stereocenters. The Morgan fingerprint density at radius 3 is 2.83 bits per heavy atom. The van der Waals surface area contributed by atoms with Crippen LogP contribution in [-0.2, 0) is 4.79 Å². The van der Waals surface area contributed by atoms with Crippen molar-refractivity contribution >= 4 is 28.9 Å². The van der Waals surface area contributed by atoms with Gasteiger partial charge in [0.05, 0.1) is 16.4 Å². The number of hydrogen-bond donors (Lipinski definition) is 1. The van der Waals surface area contributed by atoms with Crippen LogP contribution >= 0.6 is 11.6 Å². The molecule has 1 aromatic rings. The van der Waals surface area contributed by atoms with Crippen LogP contribution in [0.5, 0.6) is 0 Å². The third-order valence-electron chi connectivity index (χ3n) is 2.79. The number of hydrogen-bond acceptors (Lipinski definition) is 5. The Morgan fingerprint density at radius 2 is 2.28 bits per heavy atom. The minimum atomic E-state index is -0.866. The van der Waals surface area contributed by atoms with Crippen LogP contribution in [0.25, 0.3) is 0 Å². The molecule has 1 aliphatic rings. The van der Waals surface area contributed by atoms with Crippen molar-refractivity contribution in [2.45, 2.75) is 6.42 Å². The second-order valence-electron chi connectivity index (χ2n) is 4.12. The molecule has 8 heteroatoms. The summed E-state index contributed by atoms with van der Waals surface area (Å²) in [5, 5.41) is 19.7. The molecule has 0 saturated carbocycles. The zero-order valence-corrected chi connectivity index (χ0v) is 10.0. The van der Waals surface area contributed by atoms with Crippen molar-refractivity contribution in [2.24, 2.45) is 5.92 Å². The molecule has 0 spiro atoms. The smallest absolute Gasteiger partial charge is 0.312 e. The number of nitro groups is 1. The molecule has 18 heavy (non-hydrogen) atoms. The van der Waals surface area contributed by atoms with E-state index in [0.717, 1.165) is 6.20 Å². The summed E-state index contributed by atoms with van der Waals surface area (Å²) in [6.45, 7) is 0.910. The van der Waals surface area contributed by atoms with Gasteiger partial charge in [0.1, 0.15) is 11.9 Å². The number of pyridine rings is 1. The van der Waals surface area contributed by atoms with Gasteiger partial charge >= 0.3 is 11.7 Å². The second-order valence-corrected chi connectivity index (χ2v) is 4.52. The van der Waals surface area contributed by atoms with Crippen LogP contribution in [-0.4, -0.2) is 34.1 Å². The summed E-state index contributed by atoms with van der Waals surface area (Å²) in [5.41, 5.74) is 0.162. The fraction of sp³-hybridized carbons (Fsp3) is 0.400. The van der Waals surface area contributed by atoms with E-state index in [2.05, 4.69) is 4.98 Å². The molecule has 1 saturated heterocycles. The first-order chi connectivity index (χ1) is 8.49. The SMILES string of the molecule is O=C(O)CC1CN(c2c(Cl)cncc2[N+](=O)[O-])C1. The van der Waals surface area contributed by atoms with Crippen molar-refractivity contribution in [3.8, 4) is 0 Å². The van der Waals surface area contributed by atoms with E-state index in [-0.39, 0.29) is 23.0 Å². The monoisotopic (exact) mass is 271 g/mol. The molecular weight excluding hydrogens is 262 g/mol. The normalized spacial score (nSPS) is 15.3. The summed E-state index contributed by atoms with van der Waals surface area (Å²) in [4.78, 5) is 26.2. The number of anilines is 1. The molecule has 0 radical (unpaired) electrons. The van der Waals surface area contributed by atoms with Crippen LogP contribution in [0.1, 0.15) is 6.42 Å². The van der Waals surface area contributed by atoms with E-state index in [1.54, 1.807) is 4.90 Å². The van der Waals surface area contributed by atoms with Crippen LogP contribution in [0.2, 0.25) is 5.02 Å². The molecule has 0 aromatic carbocycles. The van der Waals surface area contributed by atoms with Crippen LogP contribution in [0.4, 0.5) is 11.4 Å². The third-order valence-corrected chi connectivity index (χ3v) is 3.06. The van der Waals surface area contributed by atoms with Gasteiger partial charge in [0.2, 0.25) is 0 Å². The fourth-order valence-corrected chi connectivity index (χ4v) is 2.27. The van der Waals surface area contributed by atoms with Crippen LogP contribution in [0, 0.1) is 16.0 Å². The maximum atomic E-state index is 10.9. The highest BCUT2D eigenvalue weighted by atomic mass is 35.5. The van der Waals surface area contributed by atoms with Gasteiger partial charge in [-0.15, -0.1) is 0 Å². The first kappa shape index (κ1) is 12.6. The number of halogens is 1. The largest absolute Gasteiger partial charge is 0.481 e. The third kappa shape index (κ3) is 2.35. The Balaban J connectivity index is 2.16. The molecule has 0 aliphatic carbocycles. The molecule has 2 rings (SSSR count). The van der Waals surface area contributed by atoms with Gasteiger partial charge in [-0.3, -0.25) is 19.9 Å². The van der Waals surface area contributed by atoms with Crippen molar-refractivity contribution in [1.29, 1.82) is 0 Å². The summed E-state index contributed by atoms with van der Waals surface area (Å²) < 4.78 is 0. The molecule has 1 aromatic heterocycles. The predicted octanol–water partition coefficient (Wildman–Crippen LogP) is 1.55. The zero-order chi connectivity index (χ0) is 13.3. The molecule has 0 atom stereocenters. The average molecular weight is 272 g/mol. The average Bonchev–Trinajstić information content (AvgIpc) is 2.23. The summed E-state index contributed by atoms with van der Waals surface area (Å²) in [7, 11) is 0. The van der Waals surface area contributed by atoms with E-state index in [1.807, 2.05) is 0 Å². The second kappa shape index (κ2) is 4.77. The van der Waals surface area contributed by atoms with Crippen molar-refractivity contribution in [3.05, 3.63) is 27.5 Å². The lowest BCUT2D eigenvalue weighted by Crippen LogP contribution is -2.48. The topological polar surface area (TPSA) is 96.6 Å². The van der Waals surface area contributed by atoms with Gasteiger partial charge in [0.15, 0.2) is 0 Å². The van der Waals surface area contributed by atoms with Gasteiger partial charge in [-0.05, 0) is 0 Å². The minimum absolute atomic E-state index is 0.00587. The number of carboxylic acids is 1. The molecular formula is C10H10ClN3O4. The number of nitrogens with zero attached hydrogens (tertiary/aromatic N) is 3. The maximum Gasteiger partial charge on any atom is 0.312 e. The number of rotatable bonds is 4. The summed E-state index contributed by atoms with van der Waals surface area (Å²) in [6.07, 6.45) is 2.55. The van der Waals surface area contributed by atoms with Crippen molar-refractivity contribution in [1.82, 2.24) is 4.98 Å². The maximum absolute atomic E-state index is 10.9. The van der Waals surface area contributed by atoms with Crippen LogP contribution < -0.4 is 4.90 Å². The van der Waals surface area contributed by atoms with Crippen LogP contribution in [0.15, 0.2) is 12.4 Å². The van der Waals surface area contributed by atoms with E-state index < -0.39 is 10.9 Å². The van der Waals surface area contributed by atoms with E-state index in [0.29, 0.717) is 18.8 Å². The van der Waals surface area contributed by atoms with E-state index in [4.69, 9.17) is 16.7 Å². The van der Waals surface area contributed by atoms with Gasteiger partial charge in [-0.2, -0.15) is 0 Å². The predicted molar refractivity (Wildman–Crippen MR) is 63.9 cm³/mol. The van der Waals surface area contributed by atoms with Crippen LogP contribution in [0.3, 0.4) is 0 Å². The Morgan fingerprint density at radius 1 is 1.61 bits per heavy atom. The van der Waals surface area contributed by atoms with Gasteiger partial charge in [0, 0.05) is 25.2 Å². The molecule has 1 aliphatic heterocycles. The lowest BCUT2D eigenvalue weighted by atomic mass is 9.95. The quantitative estimate of drug-likeness (QED) is 0.659. The Bertz CT molecular complexity index is 502. The van der Waals surface area contributed by atoms with Crippen molar-refractivity contribution in [3.63, 3.8) is 0 Å². The molecule has 1 N–H and O–H groups in total. The first-order valence-corrected chi connectivity index (χ1v) is 5.61. The van der Waals surface area contributed by atoms with E-state index in [9.17, 15) is 14.9 Å². The van der Waals surface area contributed by atoms with Gasteiger partial charge < -0.3 is 10.0 Å². The fourth-order valence-electron chi connectivity index (χ4n) is 1.99. The molecule has 1 fully saturated rings. The molecule has 0 amide bonds. The Hall–Kier alpha value is -1.89. The lowest BCUT2D eigenvalue weighted by molar-refractivity contribution is -0.384. The summed E-state index contributed by atoms with van der Waals surface area (Å²) in [6, 6.07) is 0. The standard InChI is InChI=1S/C10H10ClN3O4/c11-7-2-12-3-8(14(17)18)10(7)13-4-6(5-13)1-9(15)16/h2-3,6H,1,4-5H2,(H,15,16). The Labute approximate surface area is 107 Å². The molecule has 2 heterocycles. The number of carboxylic acid groups (broad SMARTS) is 1. The van der Waals surface area contributed by atoms with Gasteiger partial charge in [-0.25, -0.2) is 0 Å². The minimum Gasteiger partial charge on any atom is -0.481 e. The summed E-state index contributed by atoms with van der Waals surface area (Å²) in [5.74, 6) is -0.860. The highest BCUT2D eigenvalue weighted by molar-refractivity contribution is 6.33. The molecule has 96 valence electrons. The molecule has 0 bridgehead atoms. The number of aromatic nitrogens is 1. The number of aliphatic carboxylic acids is 1. The van der Waals surface area contributed by atoms with E-state index in [1.165, 1.54) is 6.20 Å². The molecule has 7 nitrogen and oxygen atoms in total. The Kier molecular flexibility index (Phi) is 3.33. The van der Waals surface area contributed by atoms with Gasteiger partial charge in [0.25, 0.3) is 0 Å². The lowest BCUT2D eigenvalue weighted by Gasteiger charge is -2.40. The van der Waals surface area contributed by atoms with E-state index >= 15 is 0 Å².